The lowest BCUT2D eigenvalue weighted by Gasteiger charge is -2.42. The number of amides is 2. The number of likely N-dealkylation sites (tertiary alicyclic amines) is 1. The van der Waals surface area contributed by atoms with Gasteiger partial charge in [-0.1, -0.05) is 45.0 Å². The molecule has 0 unspecified atom stereocenters. The lowest BCUT2D eigenvalue weighted by molar-refractivity contribution is -0.146. The van der Waals surface area contributed by atoms with Crippen LogP contribution in [0.4, 0.5) is 0 Å². The molecular formula is C26H35N3O2. The van der Waals surface area contributed by atoms with Crippen molar-refractivity contribution in [3.8, 4) is 11.1 Å². The molecule has 1 N–H and O–H groups in total. The summed E-state index contributed by atoms with van der Waals surface area (Å²) >= 11 is 0. The quantitative estimate of drug-likeness (QED) is 0.775. The van der Waals surface area contributed by atoms with Crippen LogP contribution in [0.15, 0.2) is 48.8 Å². The number of pyridine rings is 1. The van der Waals surface area contributed by atoms with E-state index in [1.54, 1.807) is 12.4 Å². The van der Waals surface area contributed by atoms with Crippen LogP contribution in [0, 0.1) is 10.8 Å². The van der Waals surface area contributed by atoms with Crippen LogP contribution in [0.25, 0.3) is 11.1 Å². The van der Waals surface area contributed by atoms with Crippen molar-refractivity contribution in [3.05, 3.63) is 54.4 Å². The van der Waals surface area contributed by atoms with Gasteiger partial charge in [0.1, 0.15) is 0 Å². The standard InChI is InChI=1S/C26H35N3O2/c1-19(2)28-23(30)26(12-16-29(17-13-26)24(31)25(3,4)5)18-20-6-8-21(9-7-20)22-10-14-27-15-11-22/h6-11,14-15,19H,12-13,16-18H2,1-5H3,(H,28,30). The number of nitrogens with zero attached hydrogens (tertiary/aromatic N) is 2. The fourth-order valence-electron chi connectivity index (χ4n) is 4.26. The van der Waals surface area contributed by atoms with E-state index in [4.69, 9.17) is 0 Å². The smallest absolute Gasteiger partial charge is 0.227 e. The molecule has 5 heteroatoms. The zero-order valence-corrected chi connectivity index (χ0v) is 19.4. The maximum absolute atomic E-state index is 13.3. The number of aromatic nitrogens is 1. The van der Waals surface area contributed by atoms with Crippen molar-refractivity contribution >= 4 is 11.8 Å². The Morgan fingerprint density at radius 3 is 2.06 bits per heavy atom. The third-order valence-corrected chi connectivity index (χ3v) is 6.06. The normalized spacial score (nSPS) is 16.3. The van der Waals surface area contributed by atoms with Crippen molar-refractivity contribution in [1.82, 2.24) is 15.2 Å². The minimum Gasteiger partial charge on any atom is -0.353 e. The van der Waals surface area contributed by atoms with Gasteiger partial charge < -0.3 is 10.2 Å². The Bertz CT molecular complexity index is 890. The number of hydrogen-bond donors (Lipinski definition) is 1. The second-order valence-electron chi connectivity index (χ2n) is 10.1. The van der Waals surface area contributed by atoms with E-state index in [9.17, 15) is 9.59 Å². The fourth-order valence-corrected chi connectivity index (χ4v) is 4.26. The number of rotatable bonds is 5. The molecule has 166 valence electrons. The van der Waals surface area contributed by atoms with Crippen LogP contribution in [0.5, 0.6) is 0 Å². The molecule has 2 amide bonds. The first-order valence-electron chi connectivity index (χ1n) is 11.2. The summed E-state index contributed by atoms with van der Waals surface area (Å²) in [5.41, 5.74) is 2.52. The number of hydrogen-bond acceptors (Lipinski definition) is 3. The number of carbonyl (C=O) groups is 2. The summed E-state index contributed by atoms with van der Waals surface area (Å²) in [7, 11) is 0. The zero-order valence-electron chi connectivity index (χ0n) is 19.4. The summed E-state index contributed by atoms with van der Waals surface area (Å²) in [4.78, 5) is 32.0. The van der Waals surface area contributed by atoms with Gasteiger partial charge in [-0.25, -0.2) is 0 Å². The molecule has 0 bridgehead atoms. The zero-order chi connectivity index (χ0) is 22.6. The topological polar surface area (TPSA) is 62.3 Å². The largest absolute Gasteiger partial charge is 0.353 e. The monoisotopic (exact) mass is 421 g/mol. The first-order valence-corrected chi connectivity index (χ1v) is 11.2. The Labute approximate surface area is 186 Å². The molecule has 3 rings (SSSR count). The molecule has 0 atom stereocenters. The molecule has 1 aliphatic rings. The predicted octanol–water partition coefficient (Wildman–Crippen LogP) is 4.47. The lowest BCUT2D eigenvalue weighted by Crippen LogP contribution is -2.53. The Hall–Kier alpha value is -2.69. The first kappa shape index (κ1) is 23.0. The molecule has 5 nitrogen and oxygen atoms in total. The highest BCUT2D eigenvalue weighted by Gasteiger charge is 2.43. The van der Waals surface area contributed by atoms with E-state index in [0.717, 1.165) is 16.7 Å². The van der Waals surface area contributed by atoms with Gasteiger partial charge in [0, 0.05) is 36.9 Å². The lowest BCUT2D eigenvalue weighted by atomic mass is 9.72. The van der Waals surface area contributed by atoms with Gasteiger partial charge >= 0.3 is 0 Å². The summed E-state index contributed by atoms with van der Waals surface area (Å²) in [5.74, 6) is 0.260. The average Bonchev–Trinajstić information content (AvgIpc) is 2.74. The van der Waals surface area contributed by atoms with E-state index in [-0.39, 0.29) is 17.9 Å². The Balaban J connectivity index is 1.79. The second-order valence-corrected chi connectivity index (χ2v) is 10.1. The maximum Gasteiger partial charge on any atom is 0.227 e. The number of piperidine rings is 1. The molecule has 1 aromatic carbocycles. The molecule has 0 aliphatic carbocycles. The highest BCUT2D eigenvalue weighted by Crippen LogP contribution is 2.37. The van der Waals surface area contributed by atoms with Gasteiger partial charge in [-0.3, -0.25) is 14.6 Å². The number of benzene rings is 1. The minimum absolute atomic E-state index is 0.0904. The Morgan fingerprint density at radius 1 is 1.00 bits per heavy atom. The van der Waals surface area contributed by atoms with Crippen LogP contribution in [-0.4, -0.2) is 40.8 Å². The molecule has 2 aromatic rings. The SMILES string of the molecule is CC(C)NC(=O)C1(Cc2ccc(-c3ccncc3)cc2)CCN(C(=O)C(C)(C)C)CC1. The van der Waals surface area contributed by atoms with Crippen LogP contribution in [0.3, 0.4) is 0 Å². The highest BCUT2D eigenvalue weighted by molar-refractivity contribution is 5.85. The molecule has 1 aliphatic heterocycles. The van der Waals surface area contributed by atoms with Gasteiger partial charge in [0.2, 0.25) is 11.8 Å². The van der Waals surface area contributed by atoms with Crippen molar-refractivity contribution in [2.24, 2.45) is 10.8 Å². The van der Waals surface area contributed by atoms with Crippen LogP contribution < -0.4 is 5.32 Å². The maximum atomic E-state index is 13.3. The van der Waals surface area contributed by atoms with Gasteiger partial charge in [0.15, 0.2) is 0 Å². The van der Waals surface area contributed by atoms with E-state index < -0.39 is 10.8 Å². The van der Waals surface area contributed by atoms with E-state index in [2.05, 4.69) is 34.6 Å². The van der Waals surface area contributed by atoms with Gasteiger partial charge in [0.05, 0.1) is 5.41 Å². The van der Waals surface area contributed by atoms with Crippen molar-refractivity contribution in [2.45, 2.75) is 59.9 Å². The van der Waals surface area contributed by atoms with Crippen molar-refractivity contribution in [1.29, 1.82) is 0 Å². The molecule has 0 saturated carbocycles. The Kier molecular flexibility index (Phi) is 6.83. The number of carbonyl (C=O) groups excluding carboxylic acids is 2. The summed E-state index contributed by atoms with van der Waals surface area (Å²) in [6.07, 6.45) is 5.63. The molecule has 0 spiro atoms. The number of nitrogens with one attached hydrogen (secondary N) is 1. The van der Waals surface area contributed by atoms with Crippen LogP contribution in [-0.2, 0) is 16.0 Å². The van der Waals surface area contributed by atoms with Crippen LogP contribution in [0.2, 0.25) is 0 Å². The third-order valence-electron chi connectivity index (χ3n) is 6.06. The summed E-state index contributed by atoms with van der Waals surface area (Å²) in [5, 5.41) is 3.14. The van der Waals surface area contributed by atoms with Crippen molar-refractivity contribution in [3.63, 3.8) is 0 Å². The predicted molar refractivity (Wildman–Crippen MR) is 124 cm³/mol. The molecule has 31 heavy (non-hydrogen) atoms. The van der Waals surface area contributed by atoms with E-state index in [0.29, 0.717) is 32.4 Å². The van der Waals surface area contributed by atoms with Gasteiger partial charge in [-0.05, 0) is 61.9 Å². The highest BCUT2D eigenvalue weighted by atomic mass is 16.2. The fraction of sp³-hybridized carbons (Fsp3) is 0.500. The average molecular weight is 422 g/mol. The third kappa shape index (κ3) is 5.52. The van der Waals surface area contributed by atoms with Gasteiger partial charge in [-0.15, -0.1) is 0 Å². The van der Waals surface area contributed by atoms with Gasteiger partial charge in [0.25, 0.3) is 0 Å². The summed E-state index contributed by atoms with van der Waals surface area (Å²) < 4.78 is 0. The van der Waals surface area contributed by atoms with Crippen LogP contribution >= 0.6 is 0 Å². The molecule has 1 aromatic heterocycles. The van der Waals surface area contributed by atoms with E-state index in [1.807, 2.05) is 51.7 Å². The minimum atomic E-state index is -0.489. The molecule has 2 heterocycles. The Morgan fingerprint density at radius 2 is 1.55 bits per heavy atom. The van der Waals surface area contributed by atoms with Crippen LogP contribution in [0.1, 0.15) is 53.0 Å². The molecule has 1 saturated heterocycles. The van der Waals surface area contributed by atoms with E-state index in [1.165, 1.54) is 0 Å². The summed E-state index contributed by atoms with van der Waals surface area (Å²) in [6.45, 7) is 11.1. The van der Waals surface area contributed by atoms with Crippen molar-refractivity contribution in [2.75, 3.05) is 13.1 Å². The molecule has 0 radical (unpaired) electrons. The summed E-state index contributed by atoms with van der Waals surface area (Å²) in [6, 6.07) is 12.5. The van der Waals surface area contributed by atoms with E-state index >= 15 is 0 Å². The first-order chi connectivity index (χ1) is 14.6. The van der Waals surface area contributed by atoms with Crippen molar-refractivity contribution < 1.29 is 9.59 Å². The molecule has 1 fully saturated rings. The van der Waals surface area contributed by atoms with Gasteiger partial charge in [-0.2, -0.15) is 0 Å². The molecular weight excluding hydrogens is 386 g/mol. The second kappa shape index (κ2) is 9.21.